The molecule has 1 atom stereocenters. The second-order valence-electron chi connectivity index (χ2n) is 8.76. The number of likely N-dealkylation sites (tertiary alicyclic amines) is 1. The smallest absolute Gasteiger partial charge is 0.259 e. The average molecular weight is 472 g/mol. The van der Waals surface area contributed by atoms with Gasteiger partial charge in [0.05, 0.1) is 17.7 Å². The van der Waals surface area contributed by atoms with Crippen LogP contribution in [0.4, 0.5) is 17.5 Å². The molecule has 0 aliphatic carbocycles. The van der Waals surface area contributed by atoms with E-state index in [1.165, 1.54) is 5.56 Å². The molecule has 1 aliphatic rings. The maximum absolute atomic E-state index is 12.6. The zero-order valence-corrected chi connectivity index (χ0v) is 19.7. The molecule has 5 rings (SSSR count). The van der Waals surface area contributed by atoms with Crippen molar-refractivity contribution >= 4 is 28.2 Å². The number of aliphatic hydroxyl groups is 1. The molecular formula is C26H29N7O2. The first kappa shape index (κ1) is 22.9. The van der Waals surface area contributed by atoms with Crippen LogP contribution in [0.15, 0.2) is 59.8 Å². The Morgan fingerprint density at radius 3 is 2.71 bits per heavy atom. The number of pyridine rings is 2. The fourth-order valence-corrected chi connectivity index (χ4v) is 4.60. The first-order valence-electron chi connectivity index (χ1n) is 11.9. The van der Waals surface area contributed by atoms with Gasteiger partial charge in [0, 0.05) is 49.5 Å². The van der Waals surface area contributed by atoms with Crippen LogP contribution in [0.5, 0.6) is 0 Å². The quantitative estimate of drug-likeness (QED) is 0.309. The minimum Gasteiger partial charge on any atom is -0.395 e. The van der Waals surface area contributed by atoms with Crippen molar-refractivity contribution in [3.63, 3.8) is 0 Å². The third-order valence-electron chi connectivity index (χ3n) is 6.54. The van der Waals surface area contributed by atoms with E-state index in [9.17, 15) is 9.90 Å². The van der Waals surface area contributed by atoms with Gasteiger partial charge in [-0.15, -0.1) is 0 Å². The molecule has 0 unspecified atom stereocenters. The molecule has 0 radical (unpaired) electrons. The van der Waals surface area contributed by atoms with E-state index in [0.29, 0.717) is 28.9 Å². The summed E-state index contributed by atoms with van der Waals surface area (Å²) in [6, 6.07) is 12.2. The molecule has 9 heteroatoms. The highest BCUT2D eigenvalue weighted by atomic mass is 16.3. The van der Waals surface area contributed by atoms with Crippen LogP contribution >= 0.6 is 0 Å². The maximum Gasteiger partial charge on any atom is 0.259 e. The maximum atomic E-state index is 12.6. The number of nitrogens with zero attached hydrogens (tertiary/aromatic N) is 4. The molecule has 4 heterocycles. The Kier molecular flexibility index (Phi) is 6.69. The van der Waals surface area contributed by atoms with Crippen molar-refractivity contribution in [2.45, 2.75) is 25.3 Å². The number of benzene rings is 1. The van der Waals surface area contributed by atoms with Gasteiger partial charge in [-0.05, 0) is 61.0 Å². The topological polar surface area (TPSA) is 119 Å². The van der Waals surface area contributed by atoms with E-state index in [2.05, 4.69) is 42.6 Å². The van der Waals surface area contributed by atoms with E-state index < -0.39 is 0 Å². The molecule has 0 bridgehead atoms. The van der Waals surface area contributed by atoms with E-state index in [1.807, 2.05) is 24.3 Å². The molecule has 3 aromatic heterocycles. The predicted molar refractivity (Wildman–Crippen MR) is 138 cm³/mol. The molecule has 0 spiro atoms. The number of aromatic amines is 1. The molecule has 1 aromatic carbocycles. The van der Waals surface area contributed by atoms with Gasteiger partial charge in [0.1, 0.15) is 5.82 Å². The summed E-state index contributed by atoms with van der Waals surface area (Å²) in [4.78, 5) is 31.1. The van der Waals surface area contributed by atoms with Gasteiger partial charge in [-0.1, -0.05) is 12.1 Å². The SMILES string of the molecule is CNc1ncc(-c2cc3cc[nH]c(=O)c3c(Nc3ccc(CCN4CCC[C@H]4CO)cc3)n2)cn1. The lowest BCUT2D eigenvalue weighted by atomic mass is 10.1. The minimum atomic E-state index is -0.202. The summed E-state index contributed by atoms with van der Waals surface area (Å²) in [5.74, 6) is 1.01. The van der Waals surface area contributed by atoms with Gasteiger partial charge in [-0.3, -0.25) is 9.69 Å². The second kappa shape index (κ2) is 10.2. The van der Waals surface area contributed by atoms with Gasteiger partial charge < -0.3 is 20.7 Å². The van der Waals surface area contributed by atoms with Crippen LogP contribution in [0.1, 0.15) is 18.4 Å². The highest BCUT2D eigenvalue weighted by Gasteiger charge is 2.22. The lowest BCUT2D eigenvalue weighted by Gasteiger charge is -2.22. The lowest BCUT2D eigenvalue weighted by molar-refractivity contribution is 0.160. The van der Waals surface area contributed by atoms with Crippen LogP contribution in [0.25, 0.3) is 22.0 Å². The molecule has 1 fully saturated rings. The monoisotopic (exact) mass is 471 g/mol. The zero-order chi connectivity index (χ0) is 24.2. The molecule has 9 nitrogen and oxygen atoms in total. The van der Waals surface area contributed by atoms with Crippen LogP contribution < -0.4 is 16.2 Å². The molecule has 4 N–H and O–H groups in total. The third-order valence-corrected chi connectivity index (χ3v) is 6.54. The van der Waals surface area contributed by atoms with Crippen molar-refractivity contribution in [2.24, 2.45) is 0 Å². The standard InChI is InChI=1S/C26H29N7O2/c1-27-26-29-14-19(15-30-26)22-13-18-8-10-28-25(35)23(18)24(32-22)31-20-6-4-17(5-7-20)9-12-33-11-2-3-21(33)16-34/h4-8,10,13-15,21,34H,2-3,9,11-12,16H2,1H3,(H,28,35)(H,31,32)(H,27,29,30)/t21-/m0/s1. The molecule has 1 saturated heterocycles. The summed E-state index contributed by atoms with van der Waals surface area (Å²) in [5.41, 5.74) is 3.30. The van der Waals surface area contributed by atoms with Gasteiger partial charge in [-0.25, -0.2) is 15.0 Å². The summed E-state index contributed by atoms with van der Waals surface area (Å²) in [5, 5.41) is 17.0. The van der Waals surface area contributed by atoms with Crippen molar-refractivity contribution in [2.75, 3.05) is 37.4 Å². The van der Waals surface area contributed by atoms with Crippen LogP contribution in [-0.2, 0) is 6.42 Å². The molecule has 1 aliphatic heterocycles. The summed E-state index contributed by atoms with van der Waals surface area (Å²) in [6.45, 7) is 2.22. The van der Waals surface area contributed by atoms with Crippen LogP contribution in [-0.4, -0.2) is 62.7 Å². The summed E-state index contributed by atoms with van der Waals surface area (Å²) in [6.07, 6.45) is 8.20. The number of anilines is 3. The molecule has 0 amide bonds. The molecule has 35 heavy (non-hydrogen) atoms. The number of nitrogens with one attached hydrogen (secondary N) is 3. The van der Waals surface area contributed by atoms with E-state index in [4.69, 9.17) is 4.98 Å². The van der Waals surface area contributed by atoms with Crippen molar-refractivity contribution in [3.05, 3.63) is 70.9 Å². The minimum absolute atomic E-state index is 0.202. The van der Waals surface area contributed by atoms with E-state index in [-0.39, 0.29) is 12.2 Å². The van der Waals surface area contributed by atoms with Crippen molar-refractivity contribution in [3.8, 4) is 11.3 Å². The Morgan fingerprint density at radius 1 is 1.17 bits per heavy atom. The first-order chi connectivity index (χ1) is 17.1. The van der Waals surface area contributed by atoms with Gasteiger partial charge in [0.15, 0.2) is 0 Å². The molecular weight excluding hydrogens is 442 g/mol. The van der Waals surface area contributed by atoms with Crippen LogP contribution in [0, 0.1) is 0 Å². The number of fused-ring (bicyclic) bond motifs is 1. The van der Waals surface area contributed by atoms with Crippen molar-refractivity contribution in [1.82, 2.24) is 24.8 Å². The van der Waals surface area contributed by atoms with Gasteiger partial charge in [0.25, 0.3) is 5.56 Å². The third kappa shape index (κ3) is 5.01. The van der Waals surface area contributed by atoms with Crippen molar-refractivity contribution < 1.29 is 5.11 Å². The lowest BCUT2D eigenvalue weighted by Crippen LogP contribution is -2.33. The van der Waals surface area contributed by atoms with E-state index in [0.717, 1.165) is 49.0 Å². The largest absolute Gasteiger partial charge is 0.395 e. The predicted octanol–water partition coefficient (Wildman–Crippen LogP) is 3.16. The number of H-pyrrole nitrogens is 1. The number of hydrogen-bond acceptors (Lipinski definition) is 8. The van der Waals surface area contributed by atoms with Gasteiger partial charge in [-0.2, -0.15) is 0 Å². The van der Waals surface area contributed by atoms with Crippen LogP contribution in [0.3, 0.4) is 0 Å². The summed E-state index contributed by atoms with van der Waals surface area (Å²) in [7, 11) is 1.76. The van der Waals surface area contributed by atoms with E-state index >= 15 is 0 Å². The van der Waals surface area contributed by atoms with Crippen molar-refractivity contribution in [1.29, 1.82) is 0 Å². The summed E-state index contributed by atoms with van der Waals surface area (Å²) < 4.78 is 0. The highest BCUT2D eigenvalue weighted by Crippen LogP contribution is 2.28. The Hall–Kier alpha value is -3.82. The van der Waals surface area contributed by atoms with Crippen LogP contribution in [0.2, 0.25) is 0 Å². The Morgan fingerprint density at radius 2 is 1.97 bits per heavy atom. The fraction of sp³-hybridized carbons (Fsp3) is 0.308. The summed E-state index contributed by atoms with van der Waals surface area (Å²) >= 11 is 0. The Labute approximate surface area is 203 Å². The van der Waals surface area contributed by atoms with E-state index in [1.54, 1.807) is 25.6 Å². The number of hydrogen-bond donors (Lipinski definition) is 4. The first-order valence-corrected chi connectivity index (χ1v) is 11.9. The normalized spacial score (nSPS) is 16.0. The number of aliphatic hydroxyl groups excluding tert-OH is 1. The number of rotatable bonds is 8. The molecule has 0 saturated carbocycles. The average Bonchev–Trinajstić information content (AvgIpc) is 3.36. The molecule has 180 valence electrons. The fourth-order valence-electron chi connectivity index (χ4n) is 4.60. The van der Waals surface area contributed by atoms with Gasteiger partial charge >= 0.3 is 0 Å². The Bertz CT molecular complexity index is 1350. The zero-order valence-electron chi connectivity index (χ0n) is 19.7. The number of aromatic nitrogens is 4. The highest BCUT2D eigenvalue weighted by molar-refractivity contribution is 5.95. The second-order valence-corrected chi connectivity index (χ2v) is 8.76. The van der Waals surface area contributed by atoms with Gasteiger partial charge in [0.2, 0.25) is 5.95 Å². The molecule has 4 aromatic rings. The Balaban J connectivity index is 1.39.